The van der Waals surface area contributed by atoms with E-state index in [9.17, 15) is 9.59 Å². The normalized spacial score (nSPS) is 11.1. The number of nitrogens with zero attached hydrogens (tertiary/aromatic N) is 2. The van der Waals surface area contributed by atoms with E-state index in [-0.39, 0.29) is 17.9 Å². The van der Waals surface area contributed by atoms with Crippen molar-refractivity contribution in [3.63, 3.8) is 0 Å². The van der Waals surface area contributed by atoms with Crippen molar-refractivity contribution in [2.24, 2.45) is 0 Å². The Balaban J connectivity index is 2.04. The summed E-state index contributed by atoms with van der Waals surface area (Å²) in [6.45, 7) is 3.82. The number of aromatic nitrogens is 2. The summed E-state index contributed by atoms with van der Waals surface area (Å²) in [6.07, 6.45) is 1.48. The smallest absolute Gasteiger partial charge is 0.371 e. The number of hydrogen-bond acceptors (Lipinski definition) is 5. The fourth-order valence-electron chi connectivity index (χ4n) is 2.14. The first-order chi connectivity index (χ1) is 9.97. The molecule has 0 aromatic carbocycles. The third kappa shape index (κ3) is 2.25. The Morgan fingerprint density at radius 3 is 2.90 bits per heavy atom. The zero-order valence-corrected chi connectivity index (χ0v) is 12.2. The monoisotopic (exact) mass is 304 g/mol. The molecule has 0 amide bonds. The largest absolute Gasteiger partial charge is 0.475 e. The summed E-state index contributed by atoms with van der Waals surface area (Å²) >= 11 is 1.37. The van der Waals surface area contributed by atoms with Gasteiger partial charge >= 0.3 is 5.97 Å². The summed E-state index contributed by atoms with van der Waals surface area (Å²) in [5.74, 6) is -0.766. The van der Waals surface area contributed by atoms with E-state index in [0.717, 1.165) is 11.1 Å². The number of carboxylic acid groups (broad SMARTS) is 1. The second-order valence-corrected chi connectivity index (χ2v) is 5.65. The van der Waals surface area contributed by atoms with Gasteiger partial charge in [-0.3, -0.25) is 9.36 Å². The van der Waals surface area contributed by atoms with Gasteiger partial charge in [0.2, 0.25) is 5.76 Å². The highest BCUT2D eigenvalue weighted by Crippen LogP contribution is 2.20. The molecule has 0 radical (unpaired) electrons. The molecular formula is C14H12N2O4S. The number of hydrogen-bond donors (Lipinski definition) is 1. The van der Waals surface area contributed by atoms with Crippen LogP contribution in [-0.4, -0.2) is 20.6 Å². The standard InChI is InChI=1S/C14H12N2O4S/c1-7-5-21-12-11(7)15-6-16(13(12)17)4-9-3-10(14(18)19)20-8(9)2/h3,5-6H,4H2,1-2H3,(H,18,19). The van der Waals surface area contributed by atoms with Crippen molar-refractivity contribution in [1.82, 2.24) is 9.55 Å². The molecule has 0 bridgehead atoms. The topological polar surface area (TPSA) is 85.3 Å². The second kappa shape index (κ2) is 4.85. The van der Waals surface area contributed by atoms with Crippen LogP contribution < -0.4 is 5.56 Å². The Hall–Kier alpha value is -2.41. The first-order valence-electron chi connectivity index (χ1n) is 6.23. The molecule has 3 rings (SSSR count). The minimum absolute atomic E-state index is 0.128. The van der Waals surface area contributed by atoms with Crippen molar-refractivity contribution in [3.8, 4) is 0 Å². The van der Waals surface area contributed by atoms with Gasteiger partial charge in [0, 0.05) is 5.56 Å². The van der Waals surface area contributed by atoms with E-state index in [2.05, 4.69) is 4.98 Å². The summed E-state index contributed by atoms with van der Waals surface area (Å²) in [4.78, 5) is 27.6. The predicted molar refractivity (Wildman–Crippen MR) is 78.1 cm³/mol. The number of aromatic carboxylic acids is 1. The van der Waals surface area contributed by atoms with Gasteiger partial charge in [-0.15, -0.1) is 11.3 Å². The first kappa shape index (κ1) is 13.6. The molecule has 0 fully saturated rings. The summed E-state index contributed by atoms with van der Waals surface area (Å²) < 4.78 is 7.21. The van der Waals surface area contributed by atoms with Gasteiger partial charge in [-0.05, 0) is 30.9 Å². The Labute approximate surface area is 123 Å². The van der Waals surface area contributed by atoms with Crippen LogP contribution in [0.5, 0.6) is 0 Å². The molecule has 21 heavy (non-hydrogen) atoms. The van der Waals surface area contributed by atoms with Crippen molar-refractivity contribution in [3.05, 3.63) is 50.8 Å². The molecule has 3 heterocycles. The Kier molecular flexibility index (Phi) is 3.13. The van der Waals surface area contributed by atoms with E-state index in [1.165, 1.54) is 28.3 Å². The van der Waals surface area contributed by atoms with E-state index >= 15 is 0 Å². The van der Waals surface area contributed by atoms with E-state index < -0.39 is 5.97 Å². The number of fused-ring (bicyclic) bond motifs is 1. The molecule has 3 aromatic heterocycles. The third-order valence-electron chi connectivity index (χ3n) is 3.30. The van der Waals surface area contributed by atoms with Crippen molar-refractivity contribution >= 4 is 27.5 Å². The van der Waals surface area contributed by atoms with Crippen LogP contribution in [-0.2, 0) is 6.54 Å². The van der Waals surface area contributed by atoms with E-state index in [1.54, 1.807) is 6.92 Å². The van der Waals surface area contributed by atoms with E-state index in [1.807, 2.05) is 12.3 Å². The van der Waals surface area contributed by atoms with Gasteiger partial charge in [-0.25, -0.2) is 9.78 Å². The molecular weight excluding hydrogens is 292 g/mol. The quantitative estimate of drug-likeness (QED) is 0.803. The van der Waals surface area contributed by atoms with Crippen LogP contribution >= 0.6 is 11.3 Å². The summed E-state index contributed by atoms with van der Waals surface area (Å²) in [6, 6.07) is 1.44. The Morgan fingerprint density at radius 2 is 2.24 bits per heavy atom. The lowest BCUT2D eigenvalue weighted by molar-refractivity contribution is 0.0661. The average molecular weight is 304 g/mol. The lowest BCUT2D eigenvalue weighted by Gasteiger charge is -2.04. The van der Waals surface area contributed by atoms with Crippen LogP contribution in [0.1, 0.15) is 27.4 Å². The van der Waals surface area contributed by atoms with Crippen LogP contribution in [0.25, 0.3) is 10.2 Å². The number of aryl methyl sites for hydroxylation is 2. The van der Waals surface area contributed by atoms with E-state index in [0.29, 0.717) is 16.0 Å². The fourth-order valence-corrected chi connectivity index (χ4v) is 3.09. The molecule has 0 spiro atoms. The minimum atomic E-state index is -1.13. The van der Waals surface area contributed by atoms with Crippen LogP contribution in [0.3, 0.4) is 0 Å². The molecule has 0 saturated carbocycles. The maximum Gasteiger partial charge on any atom is 0.371 e. The van der Waals surface area contributed by atoms with Gasteiger partial charge in [0.1, 0.15) is 10.5 Å². The zero-order valence-electron chi connectivity index (χ0n) is 11.4. The molecule has 0 saturated heterocycles. The van der Waals surface area contributed by atoms with Crippen LogP contribution in [0.2, 0.25) is 0 Å². The highest BCUT2D eigenvalue weighted by atomic mass is 32.1. The van der Waals surface area contributed by atoms with E-state index in [4.69, 9.17) is 9.52 Å². The van der Waals surface area contributed by atoms with Gasteiger partial charge in [0.15, 0.2) is 0 Å². The zero-order chi connectivity index (χ0) is 15.1. The molecule has 1 N–H and O–H groups in total. The highest BCUT2D eigenvalue weighted by Gasteiger charge is 2.15. The molecule has 0 aliphatic carbocycles. The lowest BCUT2D eigenvalue weighted by Crippen LogP contribution is -2.20. The maximum atomic E-state index is 12.4. The number of carbonyl (C=O) groups is 1. The van der Waals surface area contributed by atoms with Gasteiger partial charge < -0.3 is 9.52 Å². The van der Waals surface area contributed by atoms with Crippen molar-refractivity contribution < 1.29 is 14.3 Å². The molecule has 0 aliphatic heterocycles. The number of rotatable bonds is 3. The molecule has 6 nitrogen and oxygen atoms in total. The summed E-state index contributed by atoms with van der Waals surface area (Å²) in [7, 11) is 0. The van der Waals surface area contributed by atoms with Crippen LogP contribution in [0.4, 0.5) is 0 Å². The van der Waals surface area contributed by atoms with Gasteiger partial charge in [0.25, 0.3) is 5.56 Å². The molecule has 0 unspecified atom stereocenters. The molecule has 3 aromatic rings. The third-order valence-corrected chi connectivity index (χ3v) is 4.37. The van der Waals surface area contributed by atoms with Crippen molar-refractivity contribution in [2.75, 3.05) is 0 Å². The van der Waals surface area contributed by atoms with Gasteiger partial charge in [-0.1, -0.05) is 0 Å². The maximum absolute atomic E-state index is 12.4. The summed E-state index contributed by atoms with van der Waals surface area (Å²) in [5.41, 5.74) is 2.22. The lowest BCUT2D eigenvalue weighted by atomic mass is 10.2. The van der Waals surface area contributed by atoms with Crippen LogP contribution in [0.15, 0.2) is 27.0 Å². The van der Waals surface area contributed by atoms with Crippen molar-refractivity contribution in [2.45, 2.75) is 20.4 Å². The molecule has 108 valence electrons. The fraction of sp³-hybridized carbons (Fsp3) is 0.214. The number of furan rings is 1. The summed E-state index contributed by atoms with van der Waals surface area (Å²) in [5, 5.41) is 10.8. The van der Waals surface area contributed by atoms with Crippen molar-refractivity contribution in [1.29, 1.82) is 0 Å². The first-order valence-corrected chi connectivity index (χ1v) is 7.11. The number of carboxylic acids is 1. The Morgan fingerprint density at radius 1 is 1.48 bits per heavy atom. The average Bonchev–Trinajstić information content (AvgIpc) is 2.98. The second-order valence-electron chi connectivity index (χ2n) is 4.77. The molecule has 0 atom stereocenters. The SMILES string of the molecule is Cc1oc(C(=O)O)cc1Cn1cnc2c(C)csc2c1=O. The van der Waals surface area contributed by atoms with Gasteiger partial charge in [-0.2, -0.15) is 0 Å². The Bertz CT molecular complexity index is 903. The number of thiophene rings is 1. The highest BCUT2D eigenvalue weighted by molar-refractivity contribution is 7.17. The minimum Gasteiger partial charge on any atom is -0.475 e. The molecule has 0 aliphatic rings. The van der Waals surface area contributed by atoms with Crippen LogP contribution in [0, 0.1) is 13.8 Å². The predicted octanol–water partition coefficient (Wildman–Crippen LogP) is 2.41. The molecule has 7 heteroatoms. The van der Waals surface area contributed by atoms with Gasteiger partial charge in [0.05, 0.1) is 18.4 Å².